The van der Waals surface area contributed by atoms with Gasteiger partial charge >= 0.3 is 0 Å². The first-order chi connectivity index (χ1) is 12.6. The lowest BCUT2D eigenvalue weighted by Crippen LogP contribution is -2.25. The molecular formula is C19H24N2O5. The summed E-state index contributed by atoms with van der Waals surface area (Å²) in [6, 6.07) is 8.83. The van der Waals surface area contributed by atoms with E-state index in [1.165, 1.54) is 6.26 Å². The van der Waals surface area contributed by atoms with Gasteiger partial charge < -0.3 is 24.5 Å². The Morgan fingerprint density at radius 2 is 2.04 bits per heavy atom. The molecule has 7 heteroatoms. The number of hydrogen-bond acceptors (Lipinski definition) is 5. The number of anilines is 1. The molecule has 0 fully saturated rings. The molecule has 1 heterocycles. The number of amides is 2. The fraction of sp³-hybridized carbons (Fsp3) is 0.368. The zero-order valence-electron chi connectivity index (χ0n) is 15.0. The van der Waals surface area contributed by atoms with Crippen molar-refractivity contribution in [1.29, 1.82) is 0 Å². The predicted octanol–water partition coefficient (Wildman–Crippen LogP) is 2.76. The highest BCUT2D eigenvalue weighted by molar-refractivity contribution is 5.93. The summed E-state index contributed by atoms with van der Waals surface area (Å²) < 4.78 is 15.6. The van der Waals surface area contributed by atoms with Gasteiger partial charge in [0.05, 0.1) is 18.6 Å². The Hall–Kier alpha value is -2.80. The molecule has 0 saturated heterocycles. The van der Waals surface area contributed by atoms with Gasteiger partial charge in [0.25, 0.3) is 5.91 Å². The second-order valence-electron chi connectivity index (χ2n) is 5.73. The molecule has 2 rings (SSSR count). The number of carbonyl (C=O) groups is 2. The zero-order chi connectivity index (χ0) is 18.8. The number of methoxy groups -OCH3 is 1. The second-order valence-corrected chi connectivity index (χ2v) is 5.73. The number of nitrogens with one attached hydrogen (secondary N) is 2. The molecule has 0 saturated carbocycles. The lowest BCUT2D eigenvalue weighted by Gasteiger charge is -2.13. The average molecular weight is 360 g/mol. The van der Waals surface area contributed by atoms with Crippen LogP contribution in [0.4, 0.5) is 5.69 Å². The molecule has 0 atom stereocenters. The largest absolute Gasteiger partial charge is 0.489 e. The highest BCUT2D eigenvalue weighted by Gasteiger charge is 2.10. The van der Waals surface area contributed by atoms with E-state index in [0.29, 0.717) is 37.6 Å². The van der Waals surface area contributed by atoms with E-state index in [9.17, 15) is 9.59 Å². The van der Waals surface area contributed by atoms with Gasteiger partial charge in [-0.25, -0.2) is 0 Å². The maximum Gasteiger partial charge on any atom is 0.286 e. The van der Waals surface area contributed by atoms with Gasteiger partial charge in [0, 0.05) is 20.1 Å². The maximum absolute atomic E-state index is 12.1. The molecular weight excluding hydrogens is 336 g/mol. The monoisotopic (exact) mass is 360 g/mol. The Morgan fingerprint density at radius 3 is 2.77 bits per heavy atom. The Labute approximate surface area is 152 Å². The summed E-state index contributed by atoms with van der Waals surface area (Å²) in [5.74, 6) is 0.439. The van der Waals surface area contributed by atoms with E-state index in [0.717, 1.165) is 5.56 Å². The van der Waals surface area contributed by atoms with Crippen molar-refractivity contribution < 1.29 is 23.5 Å². The minimum atomic E-state index is -0.289. The summed E-state index contributed by atoms with van der Waals surface area (Å²) in [7, 11) is 1.60. The van der Waals surface area contributed by atoms with Crippen molar-refractivity contribution in [2.45, 2.75) is 19.8 Å². The summed E-state index contributed by atoms with van der Waals surface area (Å²) in [6.07, 6.45) is 2.24. The summed E-state index contributed by atoms with van der Waals surface area (Å²) in [5, 5.41) is 5.55. The van der Waals surface area contributed by atoms with Crippen LogP contribution in [-0.2, 0) is 9.53 Å². The Morgan fingerprint density at radius 1 is 1.19 bits per heavy atom. The molecule has 0 aliphatic rings. The van der Waals surface area contributed by atoms with E-state index >= 15 is 0 Å². The van der Waals surface area contributed by atoms with E-state index in [4.69, 9.17) is 13.9 Å². The number of ether oxygens (including phenoxy) is 2. The van der Waals surface area contributed by atoms with Gasteiger partial charge in [0.1, 0.15) is 12.4 Å². The van der Waals surface area contributed by atoms with Gasteiger partial charge in [-0.3, -0.25) is 9.59 Å². The topological polar surface area (TPSA) is 89.8 Å². The summed E-state index contributed by atoms with van der Waals surface area (Å²) in [6.45, 7) is 3.22. The fourth-order valence-electron chi connectivity index (χ4n) is 2.25. The number of benzene rings is 1. The van der Waals surface area contributed by atoms with Gasteiger partial charge in [-0.2, -0.15) is 0 Å². The van der Waals surface area contributed by atoms with E-state index < -0.39 is 0 Å². The number of hydrogen-bond donors (Lipinski definition) is 2. The smallest absolute Gasteiger partial charge is 0.286 e. The van der Waals surface area contributed by atoms with Gasteiger partial charge in [0.2, 0.25) is 5.91 Å². The molecule has 2 N–H and O–H groups in total. The van der Waals surface area contributed by atoms with Crippen molar-refractivity contribution in [3.8, 4) is 5.75 Å². The number of aryl methyl sites for hydroxylation is 1. The van der Waals surface area contributed by atoms with Crippen LogP contribution in [0.2, 0.25) is 0 Å². The van der Waals surface area contributed by atoms with Crippen LogP contribution in [0.5, 0.6) is 5.75 Å². The third-order valence-corrected chi connectivity index (χ3v) is 3.57. The summed E-state index contributed by atoms with van der Waals surface area (Å²) in [4.78, 5) is 23.8. The quantitative estimate of drug-likeness (QED) is 0.636. The van der Waals surface area contributed by atoms with Crippen molar-refractivity contribution in [3.63, 3.8) is 0 Å². The van der Waals surface area contributed by atoms with E-state index in [2.05, 4.69) is 10.6 Å². The van der Waals surface area contributed by atoms with E-state index in [1.807, 2.05) is 25.1 Å². The van der Waals surface area contributed by atoms with E-state index in [1.54, 1.807) is 19.2 Å². The number of furan rings is 1. The van der Waals surface area contributed by atoms with Crippen molar-refractivity contribution in [2.24, 2.45) is 0 Å². The molecule has 0 unspecified atom stereocenters. The molecule has 0 bridgehead atoms. The molecule has 26 heavy (non-hydrogen) atoms. The summed E-state index contributed by atoms with van der Waals surface area (Å²) in [5.41, 5.74) is 1.66. The second kappa shape index (κ2) is 10.2. The molecule has 7 nitrogen and oxygen atoms in total. The lowest BCUT2D eigenvalue weighted by molar-refractivity contribution is -0.116. The van der Waals surface area contributed by atoms with Crippen LogP contribution in [0.3, 0.4) is 0 Å². The number of carbonyl (C=O) groups excluding carboxylic acids is 2. The molecule has 2 amide bonds. The van der Waals surface area contributed by atoms with Crippen LogP contribution in [0.25, 0.3) is 0 Å². The van der Waals surface area contributed by atoms with Crippen LogP contribution < -0.4 is 15.4 Å². The Balaban J connectivity index is 1.77. The SMILES string of the molecule is COCCOc1cc(C)ccc1NC(=O)CCCNC(=O)c1ccco1. The zero-order valence-corrected chi connectivity index (χ0v) is 15.0. The summed E-state index contributed by atoms with van der Waals surface area (Å²) >= 11 is 0. The molecule has 0 spiro atoms. The highest BCUT2D eigenvalue weighted by Crippen LogP contribution is 2.26. The first kappa shape index (κ1) is 19.5. The van der Waals surface area contributed by atoms with Crippen molar-refractivity contribution in [1.82, 2.24) is 5.32 Å². The molecule has 0 aliphatic heterocycles. The predicted molar refractivity (Wildman–Crippen MR) is 97.5 cm³/mol. The molecule has 1 aromatic carbocycles. The normalized spacial score (nSPS) is 10.4. The standard InChI is InChI=1S/C19H24N2O5/c1-14-7-8-15(17(13-14)26-12-11-24-2)21-18(22)6-3-9-20-19(23)16-5-4-10-25-16/h4-5,7-8,10,13H,3,6,9,11-12H2,1-2H3,(H,20,23)(H,21,22). The van der Waals surface area contributed by atoms with Crippen molar-refractivity contribution in [2.75, 3.05) is 32.2 Å². The maximum atomic E-state index is 12.1. The van der Waals surface area contributed by atoms with Gasteiger partial charge in [-0.05, 0) is 43.2 Å². The molecule has 140 valence electrons. The van der Waals surface area contributed by atoms with Crippen molar-refractivity contribution >= 4 is 17.5 Å². The molecule has 1 aromatic heterocycles. The minimum absolute atomic E-state index is 0.141. The third-order valence-electron chi connectivity index (χ3n) is 3.57. The van der Waals surface area contributed by atoms with Crippen LogP contribution in [-0.4, -0.2) is 38.7 Å². The van der Waals surface area contributed by atoms with Crippen LogP contribution in [0.1, 0.15) is 29.0 Å². The minimum Gasteiger partial charge on any atom is -0.489 e. The van der Waals surface area contributed by atoms with Gasteiger partial charge in [-0.15, -0.1) is 0 Å². The molecule has 2 aromatic rings. The number of rotatable bonds is 10. The van der Waals surface area contributed by atoms with Crippen LogP contribution in [0, 0.1) is 6.92 Å². The average Bonchev–Trinajstić information content (AvgIpc) is 3.16. The molecule has 0 radical (unpaired) electrons. The Kier molecular flexibility index (Phi) is 7.70. The Bertz CT molecular complexity index is 713. The molecule has 0 aliphatic carbocycles. The first-order valence-electron chi connectivity index (χ1n) is 8.44. The first-order valence-corrected chi connectivity index (χ1v) is 8.44. The van der Waals surface area contributed by atoms with Crippen LogP contribution in [0.15, 0.2) is 41.0 Å². The van der Waals surface area contributed by atoms with Gasteiger partial charge in [0.15, 0.2) is 5.76 Å². The highest BCUT2D eigenvalue weighted by atomic mass is 16.5. The lowest BCUT2D eigenvalue weighted by atomic mass is 10.2. The van der Waals surface area contributed by atoms with Gasteiger partial charge in [-0.1, -0.05) is 6.07 Å². The van der Waals surface area contributed by atoms with Crippen molar-refractivity contribution in [3.05, 3.63) is 47.9 Å². The van der Waals surface area contributed by atoms with E-state index in [-0.39, 0.29) is 24.0 Å². The van der Waals surface area contributed by atoms with Crippen LogP contribution >= 0.6 is 0 Å². The fourth-order valence-corrected chi connectivity index (χ4v) is 2.25. The third kappa shape index (κ3) is 6.25.